The highest BCUT2D eigenvalue weighted by Gasteiger charge is 2.30. The molecule has 2 amide bonds. The number of rotatable bonds is 8. The summed E-state index contributed by atoms with van der Waals surface area (Å²) in [6, 6.07) is 10.3. The van der Waals surface area contributed by atoms with Gasteiger partial charge in [0.1, 0.15) is 17.3 Å². The van der Waals surface area contributed by atoms with E-state index in [0.29, 0.717) is 28.9 Å². The molecular formula is C20H21N5O4S. The Morgan fingerprint density at radius 1 is 1.20 bits per heavy atom. The summed E-state index contributed by atoms with van der Waals surface area (Å²) in [5.41, 5.74) is 5.24. The number of methoxy groups -OCH3 is 1. The number of benzene rings is 1. The second-order valence-electron chi connectivity index (χ2n) is 6.80. The maximum absolute atomic E-state index is 12.2. The third kappa shape index (κ3) is 4.82. The van der Waals surface area contributed by atoms with Gasteiger partial charge in [-0.2, -0.15) is 0 Å². The minimum absolute atomic E-state index is 0.0872. The summed E-state index contributed by atoms with van der Waals surface area (Å²) in [4.78, 5) is 24.3. The number of hydrazine groups is 1. The number of hydrogen-bond acceptors (Lipinski definition) is 7. The fraction of sp³-hybridized carbons (Fsp3) is 0.300. The third-order valence-electron chi connectivity index (χ3n) is 4.58. The highest BCUT2D eigenvalue weighted by Crippen LogP contribution is 2.40. The molecule has 0 radical (unpaired) electrons. The van der Waals surface area contributed by atoms with Gasteiger partial charge in [0.2, 0.25) is 5.91 Å². The number of amides is 2. The Labute approximate surface area is 177 Å². The molecule has 4 rings (SSSR count). The normalized spacial score (nSPS) is 13.1. The molecule has 9 nitrogen and oxygen atoms in total. The number of nitrogens with zero attached hydrogens (tertiary/aromatic N) is 3. The summed E-state index contributed by atoms with van der Waals surface area (Å²) < 4.78 is 12.5. The largest absolute Gasteiger partial charge is 0.497 e. The van der Waals surface area contributed by atoms with E-state index in [1.54, 1.807) is 37.6 Å². The van der Waals surface area contributed by atoms with Crippen LogP contribution in [0.1, 0.15) is 40.7 Å². The molecule has 2 N–H and O–H groups in total. The zero-order valence-corrected chi connectivity index (χ0v) is 17.1. The highest BCUT2D eigenvalue weighted by molar-refractivity contribution is 7.99. The van der Waals surface area contributed by atoms with E-state index >= 15 is 0 Å². The number of thioether (sulfide) groups is 1. The van der Waals surface area contributed by atoms with Crippen LogP contribution in [0.4, 0.5) is 0 Å². The Morgan fingerprint density at radius 2 is 2.00 bits per heavy atom. The van der Waals surface area contributed by atoms with Crippen LogP contribution >= 0.6 is 11.8 Å². The number of nitrogens with one attached hydrogen (secondary N) is 2. The molecule has 2 heterocycles. The molecule has 0 spiro atoms. The Bertz CT molecular complexity index is 1010. The van der Waals surface area contributed by atoms with Crippen LogP contribution < -0.4 is 15.6 Å². The topological polar surface area (TPSA) is 111 Å². The van der Waals surface area contributed by atoms with Crippen molar-refractivity contribution in [2.45, 2.75) is 30.5 Å². The minimum Gasteiger partial charge on any atom is -0.497 e. The van der Waals surface area contributed by atoms with Crippen LogP contribution in [0, 0.1) is 0 Å². The number of aromatic nitrogens is 3. The first-order valence-electron chi connectivity index (χ1n) is 9.45. The van der Waals surface area contributed by atoms with Gasteiger partial charge >= 0.3 is 0 Å². The van der Waals surface area contributed by atoms with E-state index in [1.807, 2.05) is 16.7 Å². The van der Waals surface area contributed by atoms with E-state index in [4.69, 9.17) is 9.15 Å². The molecule has 1 aliphatic rings. The van der Waals surface area contributed by atoms with E-state index in [2.05, 4.69) is 21.0 Å². The summed E-state index contributed by atoms with van der Waals surface area (Å²) in [7, 11) is 1.55. The van der Waals surface area contributed by atoms with Crippen LogP contribution in [-0.2, 0) is 11.3 Å². The first kappa shape index (κ1) is 20.0. The van der Waals surface area contributed by atoms with Gasteiger partial charge in [-0.3, -0.25) is 25.0 Å². The predicted octanol–water partition coefficient (Wildman–Crippen LogP) is 2.36. The molecule has 0 bridgehead atoms. The van der Waals surface area contributed by atoms with Gasteiger partial charge in [-0.05, 0) is 49.2 Å². The highest BCUT2D eigenvalue weighted by atomic mass is 32.2. The molecule has 0 saturated heterocycles. The standard InChI is InChI=1S/C20H21N5O4S/c1-28-15-8-6-14(7-9-15)19(27)23-21-17(26)12-30-20-24-22-18(13-4-5-13)25(20)11-16-3-2-10-29-16/h2-3,6-10,13H,4-5,11-12H2,1H3,(H,21,26)(H,23,27). The lowest BCUT2D eigenvalue weighted by Gasteiger charge is -2.09. The van der Waals surface area contributed by atoms with E-state index in [0.717, 1.165) is 24.4 Å². The molecule has 3 aromatic rings. The Kier molecular flexibility index (Phi) is 6.03. The van der Waals surface area contributed by atoms with Gasteiger partial charge in [0.05, 0.1) is 25.7 Å². The van der Waals surface area contributed by atoms with Crippen LogP contribution in [0.5, 0.6) is 5.75 Å². The summed E-state index contributed by atoms with van der Waals surface area (Å²) in [6.07, 6.45) is 3.82. The summed E-state index contributed by atoms with van der Waals surface area (Å²) in [5.74, 6) is 2.12. The molecule has 2 aromatic heterocycles. The van der Waals surface area contributed by atoms with Crippen LogP contribution in [0.25, 0.3) is 0 Å². The smallest absolute Gasteiger partial charge is 0.269 e. The molecule has 1 aromatic carbocycles. The lowest BCUT2D eigenvalue weighted by atomic mass is 10.2. The van der Waals surface area contributed by atoms with Gasteiger partial charge in [0, 0.05) is 11.5 Å². The Balaban J connectivity index is 1.31. The van der Waals surface area contributed by atoms with E-state index in [1.165, 1.54) is 11.8 Å². The second-order valence-corrected chi connectivity index (χ2v) is 7.74. The number of hydrogen-bond donors (Lipinski definition) is 2. The van der Waals surface area contributed by atoms with E-state index in [9.17, 15) is 9.59 Å². The van der Waals surface area contributed by atoms with Gasteiger partial charge in [0.25, 0.3) is 5.91 Å². The van der Waals surface area contributed by atoms with Gasteiger partial charge in [0.15, 0.2) is 5.16 Å². The van der Waals surface area contributed by atoms with Crippen molar-refractivity contribution in [1.82, 2.24) is 25.6 Å². The molecular weight excluding hydrogens is 406 g/mol. The van der Waals surface area contributed by atoms with Crippen molar-refractivity contribution in [3.8, 4) is 5.75 Å². The summed E-state index contributed by atoms with van der Waals surface area (Å²) in [5, 5.41) is 9.19. The van der Waals surface area contributed by atoms with Crippen molar-refractivity contribution in [2.75, 3.05) is 12.9 Å². The fourth-order valence-corrected chi connectivity index (χ4v) is 3.61. The van der Waals surface area contributed by atoms with Gasteiger partial charge < -0.3 is 9.15 Å². The predicted molar refractivity (Wildman–Crippen MR) is 109 cm³/mol. The van der Waals surface area contributed by atoms with Crippen molar-refractivity contribution in [3.63, 3.8) is 0 Å². The number of carbonyl (C=O) groups excluding carboxylic acids is 2. The molecule has 0 unspecified atom stereocenters. The fourth-order valence-electron chi connectivity index (χ4n) is 2.86. The van der Waals surface area contributed by atoms with Crippen molar-refractivity contribution < 1.29 is 18.7 Å². The van der Waals surface area contributed by atoms with Gasteiger partial charge in [-0.1, -0.05) is 11.8 Å². The van der Waals surface area contributed by atoms with Crippen LogP contribution in [0.15, 0.2) is 52.2 Å². The first-order chi connectivity index (χ1) is 14.6. The Morgan fingerprint density at radius 3 is 2.67 bits per heavy atom. The van der Waals surface area contributed by atoms with E-state index in [-0.39, 0.29) is 11.7 Å². The lowest BCUT2D eigenvalue weighted by molar-refractivity contribution is -0.119. The quantitative estimate of drug-likeness (QED) is 0.419. The molecule has 0 atom stereocenters. The van der Waals surface area contributed by atoms with Crippen molar-refractivity contribution in [2.24, 2.45) is 0 Å². The molecule has 30 heavy (non-hydrogen) atoms. The zero-order valence-electron chi connectivity index (χ0n) is 16.3. The van der Waals surface area contributed by atoms with E-state index < -0.39 is 5.91 Å². The number of ether oxygens (including phenoxy) is 1. The monoisotopic (exact) mass is 427 g/mol. The molecule has 0 aliphatic heterocycles. The van der Waals surface area contributed by atoms with Crippen molar-refractivity contribution >= 4 is 23.6 Å². The van der Waals surface area contributed by atoms with Crippen LogP contribution in [0.2, 0.25) is 0 Å². The molecule has 1 fully saturated rings. The third-order valence-corrected chi connectivity index (χ3v) is 5.55. The summed E-state index contributed by atoms with van der Waals surface area (Å²) >= 11 is 1.26. The molecule has 1 saturated carbocycles. The lowest BCUT2D eigenvalue weighted by Crippen LogP contribution is -2.42. The van der Waals surface area contributed by atoms with Crippen LogP contribution in [0.3, 0.4) is 0 Å². The van der Waals surface area contributed by atoms with Crippen LogP contribution in [-0.4, -0.2) is 39.4 Å². The maximum Gasteiger partial charge on any atom is 0.269 e. The second kappa shape index (κ2) is 9.04. The zero-order chi connectivity index (χ0) is 20.9. The van der Waals surface area contributed by atoms with Crippen molar-refractivity contribution in [3.05, 3.63) is 59.8 Å². The molecule has 10 heteroatoms. The average Bonchev–Trinajstić information content (AvgIpc) is 3.33. The average molecular weight is 427 g/mol. The maximum atomic E-state index is 12.2. The Hall–Kier alpha value is -3.27. The minimum atomic E-state index is -0.409. The SMILES string of the molecule is COc1ccc(C(=O)NNC(=O)CSc2nnc(C3CC3)n2Cc2ccco2)cc1. The molecule has 156 valence electrons. The molecule has 1 aliphatic carbocycles. The first-order valence-corrected chi connectivity index (χ1v) is 10.4. The van der Waals surface area contributed by atoms with Crippen molar-refractivity contribution in [1.29, 1.82) is 0 Å². The number of furan rings is 1. The van der Waals surface area contributed by atoms with Gasteiger partial charge in [-0.25, -0.2) is 0 Å². The number of carbonyl (C=O) groups is 2. The summed E-state index contributed by atoms with van der Waals surface area (Å²) in [6.45, 7) is 0.518. The van der Waals surface area contributed by atoms with Gasteiger partial charge in [-0.15, -0.1) is 10.2 Å².